The summed E-state index contributed by atoms with van der Waals surface area (Å²) in [7, 11) is 0. The molecule has 0 amide bonds. The van der Waals surface area contributed by atoms with Gasteiger partial charge in [0.05, 0.1) is 23.6 Å². The summed E-state index contributed by atoms with van der Waals surface area (Å²) in [5.41, 5.74) is 7.97. The van der Waals surface area contributed by atoms with Gasteiger partial charge < -0.3 is 10.6 Å². The summed E-state index contributed by atoms with van der Waals surface area (Å²) in [5.74, 6) is 0. The molecule has 3 rings (SSSR count). The number of anilines is 2. The smallest absolute Gasteiger partial charge is 0.180 e. The number of hydrogen-bond acceptors (Lipinski definition) is 5. The highest BCUT2D eigenvalue weighted by atomic mass is 32.1. The summed E-state index contributed by atoms with van der Waals surface area (Å²) in [6.07, 6.45) is 6.04. The van der Waals surface area contributed by atoms with Gasteiger partial charge in [-0.1, -0.05) is 0 Å². The van der Waals surface area contributed by atoms with E-state index in [0.29, 0.717) is 11.2 Å². The van der Waals surface area contributed by atoms with Gasteiger partial charge in [0.15, 0.2) is 5.13 Å². The lowest BCUT2D eigenvalue weighted by Gasteiger charge is -2.25. The van der Waals surface area contributed by atoms with Crippen LogP contribution in [0.15, 0.2) is 29.9 Å². The van der Waals surface area contributed by atoms with Gasteiger partial charge >= 0.3 is 0 Å². The molecule has 0 spiro atoms. The van der Waals surface area contributed by atoms with Gasteiger partial charge in [-0.2, -0.15) is 0 Å². The maximum atomic E-state index is 5.71. The molecule has 1 fully saturated rings. The topological polar surface area (TPSA) is 55.0 Å². The zero-order valence-electron chi connectivity index (χ0n) is 9.41. The molecule has 1 atom stereocenters. The van der Waals surface area contributed by atoms with Crippen molar-refractivity contribution in [3.63, 3.8) is 0 Å². The van der Waals surface area contributed by atoms with Gasteiger partial charge in [-0.05, 0) is 25.0 Å². The number of nitrogens with zero attached hydrogens (tertiary/aromatic N) is 3. The van der Waals surface area contributed by atoms with Gasteiger partial charge in [0.25, 0.3) is 0 Å². The average Bonchev–Trinajstić information content (AvgIpc) is 2.98. The van der Waals surface area contributed by atoms with E-state index >= 15 is 0 Å². The lowest BCUT2D eigenvalue weighted by molar-refractivity contribution is 0.700. The van der Waals surface area contributed by atoms with Crippen LogP contribution in [0, 0.1) is 0 Å². The monoisotopic (exact) mass is 246 g/mol. The zero-order chi connectivity index (χ0) is 11.7. The third-order valence-corrected chi connectivity index (χ3v) is 3.80. The van der Waals surface area contributed by atoms with E-state index in [9.17, 15) is 0 Å². The molecule has 2 aromatic heterocycles. The van der Waals surface area contributed by atoms with E-state index in [1.165, 1.54) is 23.4 Å². The second-order valence-corrected chi connectivity index (χ2v) is 5.06. The largest absolute Gasteiger partial charge is 0.375 e. The number of rotatable bonds is 2. The standard InChI is InChI=1S/C12H14N4S/c13-12-15-10(8-17-12)11-4-2-6-16(11)9-3-1-5-14-7-9/h1,3,5,7-8,11H,2,4,6H2,(H2,13,15)/t11-/m1/s1. The summed E-state index contributed by atoms with van der Waals surface area (Å²) in [4.78, 5) is 10.9. The first-order chi connectivity index (χ1) is 8.34. The Balaban J connectivity index is 1.90. The molecule has 17 heavy (non-hydrogen) atoms. The van der Waals surface area contributed by atoms with Crippen LogP contribution in [0.25, 0.3) is 0 Å². The molecule has 1 saturated heterocycles. The SMILES string of the molecule is Nc1nc([C@H]2CCCN2c2cccnc2)cs1. The van der Waals surface area contributed by atoms with E-state index in [0.717, 1.165) is 18.7 Å². The molecule has 88 valence electrons. The van der Waals surface area contributed by atoms with E-state index in [1.807, 2.05) is 12.3 Å². The van der Waals surface area contributed by atoms with Gasteiger partial charge in [-0.3, -0.25) is 4.98 Å². The van der Waals surface area contributed by atoms with E-state index in [-0.39, 0.29) is 0 Å². The second-order valence-electron chi connectivity index (χ2n) is 4.17. The molecule has 1 aliphatic rings. The predicted molar refractivity (Wildman–Crippen MR) is 70.1 cm³/mol. The average molecular weight is 246 g/mol. The Kier molecular flexibility index (Phi) is 2.68. The highest BCUT2D eigenvalue weighted by Gasteiger charge is 2.28. The summed E-state index contributed by atoms with van der Waals surface area (Å²) in [6.45, 7) is 1.06. The molecule has 0 unspecified atom stereocenters. The van der Waals surface area contributed by atoms with Crippen LogP contribution in [0.4, 0.5) is 10.8 Å². The molecule has 2 aromatic rings. The number of nitrogen functional groups attached to an aromatic ring is 1. The second kappa shape index (κ2) is 4.33. The zero-order valence-corrected chi connectivity index (χ0v) is 10.2. The van der Waals surface area contributed by atoms with Crippen LogP contribution in [0.5, 0.6) is 0 Å². The van der Waals surface area contributed by atoms with Crippen molar-refractivity contribution in [1.29, 1.82) is 0 Å². The fourth-order valence-corrected chi connectivity index (χ4v) is 2.97. The highest BCUT2D eigenvalue weighted by molar-refractivity contribution is 7.13. The molecule has 0 aromatic carbocycles. The molecule has 0 bridgehead atoms. The third kappa shape index (κ3) is 1.98. The Morgan fingerprint density at radius 1 is 1.47 bits per heavy atom. The van der Waals surface area contributed by atoms with Crippen LogP contribution >= 0.6 is 11.3 Å². The fraction of sp³-hybridized carbons (Fsp3) is 0.333. The summed E-state index contributed by atoms with van der Waals surface area (Å²) < 4.78 is 0. The van der Waals surface area contributed by atoms with E-state index in [2.05, 4.69) is 26.3 Å². The Morgan fingerprint density at radius 2 is 2.41 bits per heavy atom. The van der Waals surface area contributed by atoms with Crippen molar-refractivity contribution in [3.05, 3.63) is 35.6 Å². The number of aromatic nitrogens is 2. The molecule has 4 nitrogen and oxygen atoms in total. The summed E-state index contributed by atoms with van der Waals surface area (Å²) >= 11 is 1.51. The van der Waals surface area contributed by atoms with Crippen molar-refractivity contribution < 1.29 is 0 Å². The molecule has 1 aliphatic heterocycles. The maximum Gasteiger partial charge on any atom is 0.180 e. The van der Waals surface area contributed by atoms with E-state index < -0.39 is 0 Å². The number of pyridine rings is 1. The van der Waals surface area contributed by atoms with Crippen molar-refractivity contribution >= 4 is 22.2 Å². The van der Waals surface area contributed by atoms with Crippen molar-refractivity contribution in [2.24, 2.45) is 0 Å². The van der Waals surface area contributed by atoms with Crippen LogP contribution in [-0.4, -0.2) is 16.5 Å². The summed E-state index contributed by atoms with van der Waals surface area (Å²) in [5, 5.41) is 2.72. The predicted octanol–water partition coefficient (Wildman–Crippen LogP) is 2.46. The Hall–Kier alpha value is -1.62. The minimum atomic E-state index is 0.354. The first kappa shape index (κ1) is 10.5. The van der Waals surface area contributed by atoms with Crippen LogP contribution < -0.4 is 10.6 Å². The molecule has 3 heterocycles. The lowest BCUT2D eigenvalue weighted by atomic mass is 10.1. The van der Waals surface area contributed by atoms with Crippen LogP contribution in [0.3, 0.4) is 0 Å². The minimum Gasteiger partial charge on any atom is -0.375 e. The Bertz CT molecular complexity index is 496. The maximum absolute atomic E-state index is 5.71. The first-order valence-corrected chi connectivity index (χ1v) is 6.60. The number of hydrogen-bond donors (Lipinski definition) is 1. The van der Waals surface area contributed by atoms with Crippen molar-refractivity contribution in [3.8, 4) is 0 Å². The van der Waals surface area contributed by atoms with Gasteiger partial charge in [0.1, 0.15) is 0 Å². The van der Waals surface area contributed by atoms with E-state index in [1.54, 1.807) is 6.20 Å². The Morgan fingerprint density at radius 3 is 3.12 bits per heavy atom. The van der Waals surface area contributed by atoms with Crippen LogP contribution in [0.2, 0.25) is 0 Å². The highest BCUT2D eigenvalue weighted by Crippen LogP contribution is 2.36. The van der Waals surface area contributed by atoms with Crippen molar-refractivity contribution in [2.75, 3.05) is 17.2 Å². The molecule has 5 heteroatoms. The minimum absolute atomic E-state index is 0.354. The molecule has 0 aliphatic carbocycles. The van der Waals surface area contributed by atoms with Crippen molar-refractivity contribution in [1.82, 2.24) is 9.97 Å². The van der Waals surface area contributed by atoms with Crippen LogP contribution in [-0.2, 0) is 0 Å². The van der Waals surface area contributed by atoms with Gasteiger partial charge in [-0.15, -0.1) is 11.3 Å². The van der Waals surface area contributed by atoms with Crippen LogP contribution in [0.1, 0.15) is 24.6 Å². The van der Waals surface area contributed by atoms with E-state index in [4.69, 9.17) is 5.73 Å². The summed E-state index contributed by atoms with van der Waals surface area (Å²) in [6, 6.07) is 4.43. The van der Waals surface area contributed by atoms with Gasteiger partial charge in [0, 0.05) is 18.1 Å². The fourth-order valence-electron chi connectivity index (χ4n) is 2.36. The third-order valence-electron chi connectivity index (χ3n) is 3.11. The quantitative estimate of drug-likeness (QED) is 0.884. The lowest BCUT2D eigenvalue weighted by Crippen LogP contribution is -2.22. The molecule has 2 N–H and O–H groups in total. The number of nitrogens with two attached hydrogens (primary N) is 1. The van der Waals surface area contributed by atoms with Crippen molar-refractivity contribution in [2.45, 2.75) is 18.9 Å². The first-order valence-electron chi connectivity index (χ1n) is 5.72. The molecule has 0 radical (unpaired) electrons. The van der Waals surface area contributed by atoms with Gasteiger partial charge in [0.2, 0.25) is 0 Å². The Labute approximate surface area is 104 Å². The molecule has 0 saturated carbocycles. The normalized spacial score (nSPS) is 19.8. The number of thiazole rings is 1. The van der Waals surface area contributed by atoms with Gasteiger partial charge in [-0.25, -0.2) is 4.98 Å². The molecular formula is C12H14N4S. The molecular weight excluding hydrogens is 232 g/mol.